The van der Waals surface area contributed by atoms with Crippen LogP contribution in [0.15, 0.2) is 66.9 Å². The highest BCUT2D eigenvalue weighted by atomic mass is 79.9. The number of ether oxygens (including phenoxy) is 2. The lowest BCUT2D eigenvalue weighted by Gasteiger charge is -2.09. The van der Waals surface area contributed by atoms with Gasteiger partial charge >= 0.3 is 0 Å². The summed E-state index contributed by atoms with van der Waals surface area (Å²) in [6.07, 6.45) is 1.57. The third-order valence-electron chi connectivity index (χ3n) is 4.54. The summed E-state index contributed by atoms with van der Waals surface area (Å²) in [5.74, 6) is 1.68. The van der Waals surface area contributed by atoms with E-state index in [0.717, 1.165) is 15.8 Å². The maximum absolute atomic E-state index is 10.4. The predicted molar refractivity (Wildman–Crippen MR) is 128 cm³/mol. The van der Waals surface area contributed by atoms with E-state index < -0.39 is 0 Å². The van der Waals surface area contributed by atoms with Crippen LogP contribution in [0.5, 0.6) is 17.2 Å². The first-order chi connectivity index (χ1) is 15.0. The van der Waals surface area contributed by atoms with Gasteiger partial charge in [-0.3, -0.25) is 4.99 Å². The van der Waals surface area contributed by atoms with E-state index >= 15 is 0 Å². The second-order valence-electron chi connectivity index (χ2n) is 6.52. The minimum atomic E-state index is 0.00150. The van der Waals surface area contributed by atoms with Gasteiger partial charge in [0.25, 0.3) is 0 Å². The molecule has 6 nitrogen and oxygen atoms in total. The zero-order valence-electron chi connectivity index (χ0n) is 16.7. The van der Waals surface area contributed by atoms with E-state index in [-0.39, 0.29) is 5.75 Å². The van der Waals surface area contributed by atoms with Crippen molar-refractivity contribution in [1.29, 1.82) is 0 Å². The molecule has 4 rings (SSSR count). The number of benzene rings is 3. The van der Waals surface area contributed by atoms with E-state index in [2.05, 4.69) is 41.8 Å². The Morgan fingerprint density at radius 3 is 2.61 bits per heavy atom. The summed E-state index contributed by atoms with van der Waals surface area (Å²) in [6, 6.07) is 14.8. The van der Waals surface area contributed by atoms with Crippen molar-refractivity contribution in [3.8, 4) is 28.7 Å². The maximum atomic E-state index is 10.4. The van der Waals surface area contributed by atoms with Crippen LogP contribution in [0.25, 0.3) is 22.6 Å². The Morgan fingerprint density at radius 2 is 1.90 bits per heavy atom. The van der Waals surface area contributed by atoms with Gasteiger partial charge in [0.05, 0.1) is 25.0 Å². The largest absolute Gasteiger partial charge is 0.504 e. The van der Waals surface area contributed by atoms with Gasteiger partial charge in [-0.15, -0.1) is 0 Å². The molecular weight excluding hydrogens is 528 g/mol. The molecule has 0 aliphatic rings. The molecule has 1 N–H and O–H groups in total. The second kappa shape index (κ2) is 9.11. The Hall–Kier alpha value is -2.84. The Kier molecular flexibility index (Phi) is 6.29. The topological polar surface area (TPSA) is 77.1 Å². The van der Waals surface area contributed by atoms with Crippen molar-refractivity contribution in [2.75, 3.05) is 13.7 Å². The Bertz CT molecular complexity index is 1270. The van der Waals surface area contributed by atoms with Crippen molar-refractivity contribution in [3.63, 3.8) is 0 Å². The average Bonchev–Trinajstić information content (AvgIpc) is 3.20. The summed E-state index contributed by atoms with van der Waals surface area (Å²) in [7, 11) is 1.50. The number of fused-ring (bicyclic) bond motifs is 1. The normalized spacial score (nSPS) is 11.4. The van der Waals surface area contributed by atoms with Crippen LogP contribution in [-0.2, 0) is 0 Å². The Morgan fingerprint density at radius 1 is 1.13 bits per heavy atom. The molecule has 0 atom stereocenters. The number of aromatic nitrogens is 1. The van der Waals surface area contributed by atoms with Crippen molar-refractivity contribution < 1.29 is 19.0 Å². The van der Waals surface area contributed by atoms with E-state index in [0.29, 0.717) is 45.1 Å². The van der Waals surface area contributed by atoms with Gasteiger partial charge in [0.15, 0.2) is 17.1 Å². The monoisotopic (exact) mass is 544 g/mol. The third-order valence-corrected chi connectivity index (χ3v) is 6.55. The molecule has 1 aromatic heterocycles. The first-order valence-electron chi connectivity index (χ1n) is 9.43. The van der Waals surface area contributed by atoms with Crippen LogP contribution in [0, 0.1) is 0 Å². The molecule has 0 aliphatic heterocycles. The van der Waals surface area contributed by atoms with Crippen molar-refractivity contribution in [2.24, 2.45) is 4.99 Å². The van der Waals surface area contributed by atoms with E-state index in [1.807, 2.05) is 49.4 Å². The molecule has 1 heterocycles. The van der Waals surface area contributed by atoms with Gasteiger partial charge in [-0.05, 0) is 87.3 Å². The highest BCUT2D eigenvalue weighted by Gasteiger charge is 2.14. The van der Waals surface area contributed by atoms with Gasteiger partial charge in [-0.1, -0.05) is 0 Å². The SMILES string of the molecule is CCOc1ccc(-c2nc3cc(N=Cc4c(O)c(OC)cc(Br)c4Br)ccc3o2)cc1. The van der Waals surface area contributed by atoms with Crippen molar-refractivity contribution >= 4 is 54.9 Å². The number of rotatable bonds is 6. The van der Waals surface area contributed by atoms with Crippen LogP contribution < -0.4 is 9.47 Å². The molecule has 0 aliphatic carbocycles. The zero-order valence-corrected chi connectivity index (χ0v) is 19.9. The van der Waals surface area contributed by atoms with Gasteiger partial charge in [0.2, 0.25) is 5.89 Å². The number of hydrogen-bond acceptors (Lipinski definition) is 6. The molecule has 8 heteroatoms. The fourth-order valence-corrected chi connectivity index (χ4v) is 3.83. The molecule has 4 aromatic rings. The number of phenols is 1. The van der Waals surface area contributed by atoms with Crippen molar-refractivity contribution in [2.45, 2.75) is 6.92 Å². The number of aliphatic imine (C=N–C) groups is 1. The number of aromatic hydroxyl groups is 1. The summed E-state index contributed by atoms with van der Waals surface area (Å²) in [5.41, 5.74) is 3.38. The molecule has 0 spiro atoms. The fraction of sp³-hybridized carbons (Fsp3) is 0.130. The van der Waals surface area contributed by atoms with Crippen LogP contribution in [0.1, 0.15) is 12.5 Å². The van der Waals surface area contributed by atoms with Gasteiger partial charge in [-0.2, -0.15) is 0 Å². The van der Waals surface area contributed by atoms with E-state index in [1.54, 1.807) is 12.3 Å². The number of oxazole rings is 1. The van der Waals surface area contributed by atoms with Gasteiger partial charge in [0.1, 0.15) is 11.3 Å². The van der Waals surface area contributed by atoms with Crippen molar-refractivity contribution in [3.05, 3.63) is 63.0 Å². The number of hydrogen-bond donors (Lipinski definition) is 1. The van der Waals surface area contributed by atoms with Gasteiger partial charge in [0, 0.05) is 20.7 Å². The van der Waals surface area contributed by atoms with E-state index in [1.165, 1.54) is 7.11 Å². The number of halogens is 2. The van der Waals surface area contributed by atoms with Crippen LogP contribution in [-0.4, -0.2) is 30.0 Å². The molecule has 31 heavy (non-hydrogen) atoms. The van der Waals surface area contributed by atoms with Crippen LogP contribution in [0.3, 0.4) is 0 Å². The number of phenolic OH excluding ortho intramolecular Hbond substituents is 1. The van der Waals surface area contributed by atoms with E-state index in [4.69, 9.17) is 13.9 Å². The molecule has 3 aromatic carbocycles. The fourth-order valence-electron chi connectivity index (χ4n) is 3.00. The molecule has 158 valence electrons. The molecule has 0 saturated carbocycles. The predicted octanol–water partition coefficient (Wildman–Crippen LogP) is 6.88. The smallest absolute Gasteiger partial charge is 0.227 e. The van der Waals surface area contributed by atoms with Crippen molar-refractivity contribution in [1.82, 2.24) is 4.98 Å². The molecule has 0 fully saturated rings. The van der Waals surface area contributed by atoms with Crippen LogP contribution in [0.4, 0.5) is 5.69 Å². The summed E-state index contributed by atoms with van der Waals surface area (Å²) in [5, 5.41) is 10.4. The first kappa shape index (κ1) is 21.4. The van der Waals surface area contributed by atoms with Gasteiger partial charge in [-0.25, -0.2) is 4.98 Å². The highest BCUT2D eigenvalue weighted by Crippen LogP contribution is 2.39. The Balaban J connectivity index is 1.64. The molecule has 0 saturated heterocycles. The highest BCUT2D eigenvalue weighted by molar-refractivity contribution is 9.13. The summed E-state index contributed by atoms with van der Waals surface area (Å²) in [6.45, 7) is 2.56. The zero-order chi connectivity index (χ0) is 22.0. The first-order valence-corrected chi connectivity index (χ1v) is 11.0. The van der Waals surface area contributed by atoms with Gasteiger partial charge < -0.3 is 19.0 Å². The lowest BCUT2D eigenvalue weighted by molar-refractivity contribution is 0.340. The molecule has 0 radical (unpaired) electrons. The quantitative estimate of drug-likeness (QED) is 0.267. The number of nitrogens with zero attached hydrogens (tertiary/aromatic N) is 2. The average molecular weight is 546 g/mol. The van der Waals surface area contributed by atoms with Crippen LogP contribution >= 0.6 is 31.9 Å². The standard InChI is InChI=1S/C23H18Br2N2O4/c1-3-30-15-7-4-13(5-8-15)23-27-18-10-14(6-9-19(18)31-23)26-12-16-21(25)17(24)11-20(29-2)22(16)28/h4-12,28H,3H2,1-2H3. The number of methoxy groups -OCH3 is 1. The molecular formula is C23H18Br2N2O4. The minimum absolute atomic E-state index is 0.00150. The lowest BCUT2D eigenvalue weighted by Crippen LogP contribution is -1.91. The van der Waals surface area contributed by atoms with Crippen LogP contribution in [0.2, 0.25) is 0 Å². The maximum Gasteiger partial charge on any atom is 0.227 e. The molecule has 0 unspecified atom stereocenters. The molecule has 0 bridgehead atoms. The third kappa shape index (κ3) is 4.45. The second-order valence-corrected chi connectivity index (χ2v) is 8.17. The summed E-state index contributed by atoms with van der Waals surface area (Å²) < 4.78 is 18.0. The lowest BCUT2D eigenvalue weighted by atomic mass is 10.2. The molecule has 0 amide bonds. The van der Waals surface area contributed by atoms with E-state index in [9.17, 15) is 5.11 Å². The minimum Gasteiger partial charge on any atom is -0.504 e. The summed E-state index contributed by atoms with van der Waals surface area (Å²) in [4.78, 5) is 9.07. The Labute approximate surface area is 195 Å². The summed E-state index contributed by atoms with van der Waals surface area (Å²) >= 11 is 6.90.